The van der Waals surface area contributed by atoms with Gasteiger partial charge in [-0.05, 0) is 59.7 Å². The van der Waals surface area contributed by atoms with Gasteiger partial charge in [0.1, 0.15) is 17.7 Å². The first kappa shape index (κ1) is 40.6. The molecule has 3 saturated heterocycles. The minimum absolute atomic E-state index is 0.0412. The van der Waals surface area contributed by atoms with Gasteiger partial charge in [0.2, 0.25) is 11.8 Å². The first-order valence-electron chi connectivity index (χ1n) is 19.9. The summed E-state index contributed by atoms with van der Waals surface area (Å²) in [5.74, 6) is -3.90. The van der Waals surface area contributed by atoms with Gasteiger partial charge < -0.3 is 34.4 Å². The second-order valence-electron chi connectivity index (χ2n) is 15.3. The minimum Gasteiger partial charge on any atom is -0.455 e. The molecule has 8 atom stereocenters. The number of ether oxygens (including phenoxy) is 3. The number of methoxy groups -OCH3 is 1. The molecule has 3 heterocycles. The molecule has 0 aromatic heterocycles. The van der Waals surface area contributed by atoms with Gasteiger partial charge in [0.25, 0.3) is 5.91 Å². The van der Waals surface area contributed by atoms with E-state index in [-0.39, 0.29) is 31.9 Å². The van der Waals surface area contributed by atoms with Crippen LogP contribution in [-0.2, 0) is 39.8 Å². The largest absolute Gasteiger partial charge is 0.455 e. The molecule has 1 spiro atoms. The second-order valence-corrected chi connectivity index (χ2v) is 15.3. The molecule has 0 radical (unpaired) electrons. The summed E-state index contributed by atoms with van der Waals surface area (Å²) in [6, 6.07) is 29.4. The molecule has 7 rings (SSSR count). The minimum atomic E-state index is -1.38. The molecule has 2 bridgehead atoms. The number of allylic oxidation sites excluding steroid dienone is 1. The molecule has 2 N–H and O–H groups in total. The van der Waals surface area contributed by atoms with Crippen LogP contribution in [0, 0.1) is 11.8 Å². The Kier molecular flexibility index (Phi) is 12.5. The first-order chi connectivity index (χ1) is 28.2. The van der Waals surface area contributed by atoms with E-state index in [4.69, 9.17) is 14.2 Å². The lowest BCUT2D eigenvalue weighted by atomic mass is 9.70. The number of amides is 3. The van der Waals surface area contributed by atoms with Gasteiger partial charge in [0, 0.05) is 25.8 Å². The highest BCUT2D eigenvalue weighted by Gasteiger charge is 2.76. The number of nitrogens with zero attached hydrogens (tertiary/aromatic N) is 2. The highest BCUT2D eigenvalue weighted by molar-refractivity contribution is 6.05. The Balaban J connectivity index is 1.27. The standard InChI is InChI=1S/C47H51N3O8/c1-4-6-21-39(52)48-37(30-56-3)42(33-18-11-8-12-19-33)57-46(55)40-38-24-25-47(58-38)41(40)44(53)50(36(29-51)27-31-15-9-7-10-16-31)43(47)45(54)49(26-5-2)35-23-22-32-17-13-14-20-34(32)28-35/h4-5,7-20,22-23,28,36-38,40-43,51H,1-2,6,21,24-27,29-30H2,3H3,(H,48,52)/t36-,37-,38+,40-,41-,42-,43+,47-/m1/s1. The monoisotopic (exact) mass is 785 g/mol. The van der Waals surface area contributed by atoms with Gasteiger partial charge >= 0.3 is 5.97 Å². The molecule has 4 aromatic rings. The van der Waals surface area contributed by atoms with Crippen molar-refractivity contribution in [2.45, 2.75) is 68.0 Å². The van der Waals surface area contributed by atoms with Crippen LogP contribution in [0.3, 0.4) is 0 Å². The van der Waals surface area contributed by atoms with Crippen LogP contribution in [0.5, 0.6) is 0 Å². The molecule has 3 aliphatic rings. The van der Waals surface area contributed by atoms with Crippen molar-refractivity contribution in [2.24, 2.45) is 11.8 Å². The second kappa shape index (κ2) is 17.9. The lowest BCUT2D eigenvalue weighted by molar-refractivity contribution is -0.163. The number of nitrogens with one attached hydrogen (secondary N) is 1. The topological polar surface area (TPSA) is 135 Å². The normalized spacial score (nSPS) is 23.5. The zero-order valence-electron chi connectivity index (χ0n) is 32.8. The average molecular weight is 786 g/mol. The molecule has 58 heavy (non-hydrogen) atoms. The number of hydrogen-bond donors (Lipinski definition) is 2. The highest BCUT2D eigenvalue weighted by atomic mass is 16.6. The van der Waals surface area contributed by atoms with E-state index in [1.54, 1.807) is 17.1 Å². The Labute approximate surface area is 339 Å². The van der Waals surface area contributed by atoms with E-state index in [0.29, 0.717) is 30.5 Å². The summed E-state index contributed by atoms with van der Waals surface area (Å²) in [5.41, 5.74) is 0.745. The Morgan fingerprint density at radius 1 is 0.983 bits per heavy atom. The zero-order valence-corrected chi connectivity index (χ0v) is 32.8. The SMILES string of the molecule is C=CCCC(=O)N[C@H](COC)[C@H](OC(=O)[C@@H]1[C@@H]2CC[C@]3(O2)[C@H](C(=O)N(CC=C)c2ccc4ccccc4c2)N([C@@H](CO)Cc2ccccc2)C(=O)[C@@H]13)c1ccccc1. The first-order valence-corrected chi connectivity index (χ1v) is 19.9. The summed E-state index contributed by atoms with van der Waals surface area (Å²) in [5, 5.41) is 15.9. The molecule has 3 amide bonds. The molecule has 0 saturated carbocycles. The molecule has 3 fully saturated rings. The van der Waals surface area contributed by atoms with Crippen LogP contribution in [0.25, 0.3) is 10.8 Å². The summed E-state index contributed by atoms with van der Waals surface area (Å²) >= 11 is 0. The summed E-state index contributed by atoms with van der Waals surface area (Å²) in [6.07, 6.45) is 3.32. The maximum absolute atomic E-state index is 15.4. The van der Waals surface area contributed by atoms with Gasteiger partial charge in [0.15, 0.2) is 0 Å². The molecule has 4 aromatic carbocycles. The predicted octanol–water partition coefficient (Wildman–Crippen LogP) is 5.72. The fraction of sp³-hybridized carbons (Fsp3) is 0.362. The van der Waals surface area contributed by atoms with E-state index < -0.39 is 72.2 Å². The summed E-state index contributed by atoms with van der Waals surface area (Å²) in [6.45, 7) is 7.42. The van der Waals surface area contributed by atoms with E-state index in [1.165, 1.54) is 12.0 Å². The Bertz CT molecular complexity index is 2130. The van der Waals surface area contributed by atoms with Gasteiger partial charge in [-0.2, -0.15) is 0 Å². The van der Waals surface area contributed by atoms with Crippen LogP contribution in [0.2, 0.25) is 0 Å². The Hall–Kier alpha value is -5.62. The Morgan fingerprint density at radius 3 is 2.38 bits per heavy atom. The molecule has 302 valence electrons. The molecule has 11 nitrogen and oxygen atoms in total. The van der Waals surface area contributed by atoms with Crippen molar-refractivity contribution < 1.29 is 38.5 Å². The van der Waals surface area contributed by atoms with Gasteiger partial charge in [-0.25, -0.2) is 0 Å². The lowest BCUT2D eigenvalue weighted by Gasteiger charge is -2.39. The molecule has 11 heteroatoms. The van der Waals surface area contributed by atoms with E-state index in [9.17, 15) is 14.7 Å². The number of likely N-dealkylation sites (tertiary alicyclic amines) is 1. The third-order valence-electron chi connectivity index (χ3n) is 11.8. The molecular weight excluding hydrogens is 735 g/mol. The molecule has 0 unspecified atom stereocenters. The van der Waals surface area contributed by atoms with Gasteiger partial charge in [-0.3, -0.25) is 19.2 Å². The van der Waals surface area contributed by atoms with Crippen LogP contribution in [0.15, 0.2) is 128 Å². The highest BCUT2D eigenvalue weighted by Crippen LogP contribution is 2.59. The maximum atomic E-state index is 15.4. The summed E-state index contributed by atoms with van der Waals surface area (Å²) in [7, 11) is 1.50. The van der Waals surface area contributed by atoms with Crippen LogP contribution in [0.4, 0.5) is 5.69 Å². The third kappa shape index (κ3) is 7.81. The number of aliphatic hydroxyl groups is 1. The number of aliphatic hydroxyl groups excluding tert-OH is 1. The molecular formula is C47H51N3O8. The van der Waals surface area contributed by atoms with Crippen LogP contribution in [-0.4, -0.2) is 90.4 Å². The van der Waals surface area contributed by atoms with Crippen molar-refractivity contribution in [3.63, 3.8) is 0 Å². The van der Waals surface area contributed by atoms with Crippen molar-refractivity contribution in [2.75, 3.05) is 31.8 Å². The van der Waals surface area contributed by atoms with Crippen LogP contribution in [0.1, 0.15) is 42.9 Å². The summed E-state index contributed by atoms with van der Waals surface area (Å²) in [4.78, 5) is 61.4. The smallest absolute Gasteiger partial charge is 0.313 e. The fourth-order valence-electron chi connectivity index (χ4n) is 9.24. The van der Waals surface area contributed by atoms with Crippen LogP contribution < -0.4 is 10.2 Å². The van der Waals surface area contributed by atoms with Gasteiger partial charge in [-0.15, -0.1) is 13.2 Å². The number of rotatable bonds is 18. The van der Waals surface area contributed by atoms with Crippen LogP contribution >= 0.6 is 0 Å². The lowest BCUT2D eigenvalue weighted by Crippen LogP contribution is -2.59. The fourth-order valence-corrected chi connectivity index (χ4v) is 9.24. The number of hydrogen-bond acceptors (Lipinski definition) is 8. The van der Waals surface area contributed by atoms with Crippen molar-refractivity contribution in [3.8, 4) is 0 Å². The number of benzene rings is 4. The van der Waals surface area contributed by atoms with Crippen molar-refractivity contribution >= 4 is 40.2 Å². The predicted molar refractivity (Wildman–Crippen MR) is 220 cm³/mol. The van der Waals surface area contributed by atoms with Gasteiger partial charge in [0.05, 0.1) is 43.2 Å². The molecule has 3 aliphatic heterocycles. The quantitative estimate of drug-likeness (QED) is 0.0968. The van der Waals surface area contributed by atoms with E-state index in [1.807, 2.05) is 103 Å². The number of fused-ring (bicyclic) bond motifs is 2. The Morgan fingerprint density at radius 2 is 1.69 bits per heavy atom. The van der Waals surface area contributed by atoms with Crippen molar-refractivity contribution in [1.82, 2.24) is 10.2 Å². The third-order valence-corrected chi connectivity index (χ3v) is 11.8. The van der Waals surface area contributed by atoms with E-state index in [2.05, 4.69) is 18.5 Å². The van der Waals surface area contributed by atoms with Crippen molar-refractivity contribution in [1.29, 1.82) is 0 Å². The number of anilines is 1. The summed E-state index contributed by atoms with van der Waals surface area (Å²) < 4.78 is 18.7. The maximum Gasteiger partial charge on any atom is 0.313 e. The number of esters is 1. The van der Waals surface area contributed by atoms with E-state index >= 15 is 9.59 Å². The number of carbonyl (C=O) groups excluding carboxylic acids is 4. The molecule has 0 aliphatic carbocycles. The van der Waals surface area contributed by atoms with Crippen molar-refractivity contribution in [3.05, 3.63) is 140 Å². The van der Waals surface area contributed by atoms with Gasteiger partial charge in [-0.1, -0.05) is 103 Å². The zero-order chi connectivity index (χ0) is 40.8. The number of carbonyl (C=O) groups is 4. The average Bonchev–Trinajstić information content (AvgIpc) is 3.90. The van der Waals surface area contributed by atoms with E-state index in [0.717, 1.165) is 16.3 Å².